The van der Waals surface area contributed by atoms with Gasteiger partial charge in [0.15, 0.2) is 4.90 Å². The Morgan fingerprint density at radius 1 is 1.25 bits per heavy atom. The number of benzene rings is 1. The van der Waals surface area contributed by atoms with E-state index in [1.54, 1.807) is 0 Å². The van der Waals surface area contributed by atoms with Gasteiger partial charge in [0.05, 0.1) is 4.92 Å². The van der Waals surface area contributed by atoms with Crippen molar-refractivity contribution >= 4 is 15.7 Å². The van der Waals surface area contributed by atoms with E-state index in [2.05, 4.69) is 0 Å². The van der Waals surface area contributed by atoms with Crippen LogP contribution in [0.1, 0.15) is 19.3 Å². The Morgan fingerprint density at radius 2 is 1.90 bits per heavy atom. The first-order valence-electron chi connectivity index (χ1n) is 6.31. The van der Waals surface area contributed by atoms with E-state index in [0.29, 0.717) is 19.5 Å². The standard InChI is InChI=1S/C12H19N3O4S/c1-14(10-6-2-5-9-13)20(18,19)12-8-4-3-7-11(12)15(16)17/h3-4,7-8H,2,5-6,9-10,13H2,1H3. The molecule has 0 amide bonds. The van der Waals surface area contributed by atoms with Crippen LogP contribution in [0.2, 0.25) is 0 Å². The lowest BCUT2D eigenvalue weighted by molar-refractivity contribution is -0.387. The van der Waals surface area contributed by atoms with Gasteiger partial charge in [0.2, 0.25) is 10.0 Å². The van der Waals surface area contributed by atoms with Crippen molar-refractivity contribution in [1.82, 2.24) is 4.31 Å². The summed E-state index contributed by atoms with van der Waals surface area (Å²) in [6.45, 7) is 0.884. The number of sulfonamides is 1. The summed E-state index contributed by atoms with van der Waals surface area (Å²) in [4.78, 5) is 9.94. The van der Waals surface area contributed by atoms with E-state index in [9.17, 15) is 18.5 Å². The number of unbranched alkanes of at least 4 members (excludes halogenated alkanes) is 2. The van der Waals surface area contributed by atoms with E-state index in [0.717, 1.165) is 17.1 Å². The van der Waals surface area contributed by atoms with Crippen molar-refractivity contribution in [1.29, 1.82) is 0 Å². The molecule has 8 heteroatoms. The first kappa shape index (κ1) is 16.5. The molecular weight excluding hydrogens is 282 g/mol. The van der Waals surface area contributed by atoms with Gasteiger partial charge in [-0.1, -0.05) is 18.6 Å². The lowest BCUT2D eigenvalue weighted by atomic mass is 10.2. The zero-order valence-electron chi connectivity index (χ0n) is 11.4. The molecule has 1 rings (SSSR count). The van der Waals surface area contributed by atoms with E-state index in [1.807, 2.05) is 0 Å². The minimum Gasteiger partial charge on any atom is -0.330 e. The molecule has 0 saturated carbocycles. The molecule has 0 spiro atoms. The fourth-order valence-electron chi connectivity index (χ4n) is 1.77. The minimum absolute atomic E-state index is 0.272. The highest BCUT2D eigenvalue weighted by molar-refractivity contribution is 7.89. The van der Waals surface area contributed by atoms with Crippen molar-refractivity contribution in [3.05, 3.63) is 34.4 Å². The number of rotatable bonds is 8. The summed E-state index contributed by atoms with van der Waals surface area (Å²) >= 11 is 0. The second-order valence-electron chi connectivity index (χ2n) is 4.40. The van der Waals surface area contributed by atoms with E-state index >= 15 is 0 Å². The van der Waals surface area contributed by atoms with Gasteiger partial charge in [-0.25, -0.2) is 12.7 Å². The van der Waals surface area contributed by atoms with Crippen molar-refractivity contribution in [2.45, 2.75) is 24.2 Å². The summed E-state index contributed by atoms with van der Waals surface area (Å²) in [5, 5.41) is 10.9. The van der Waals surface area contributed by atoms with Crippen LogP contribution in [0.4, 0.5) is 5.69 Å². The SMILES string of the molecule is CN(CCCCCN)S(=O)(=O)c1ccccc1[N+](=O)[O-]. The first-order chi connectivity index (χ1) is 9.41. The molecule has 0 atom stereocenters. The summed E-state index contributed by atoms with van der Waals surface area (Å²) in [5.41, 5.74) is 4.97. The third-order valence-corrected chi connectivity index (χ3v) is 4.83. The van der Waals surface area contributed by atoms with Gasteiger partial charge in [0.25, 0.3) is 5.69 Å². The van der Waals surface area contributed by atoms with Crippen molar-refractivity contribution in [3.63, 3.8) is 0 Å². The fourth-order valence-corrected chi connectivity index (χ4v) is 3.13. The molecule has 0 aliphatic carbocycles. The molecular formula is C12H19N3O4S. The summed E-state index contributed by atoms with van der Waals surface area (Å²) in [6.07, 6.45) is 2.33. The number of nitro groups is 1. The van der Waals surface area contributed by atoms with Crippen LogP contribution in [0.25, 0.3) is 0 Å². The maximum Gasteiger partial charge on any atom is 0.289 e. The predicted octanol–water partition coefficient (Wildman–Crippen LogP) is 1.34. The molecule has 0 aliphatic rings. The third kappa shape index (κ3) is 3.99. The van der Waals surface area contributed by atoms with Crippen molar-refractivity contribution in [3.8, 4) is 0 Å². The van der Waals surface area contributed by atoms with Gasteiger partial charge in [-0.3, -0.25) is 10.1 Å². The van der Waals surface area contributed by atoms with E-state index in [-0.39, 0.29) is 4.90 Å². The van der Waals surface area contributed by atoms with Crippen LogP contribution in [-0.2, 0) is 10.0 Å². The summed E-state index contributed by atoms with van der Waals surface area (Å²) in [5.74, 6) is 0. The van der Waals surface area contributed by atoms with Crippen LogP contribution >= 0.6 is 0 Å². The molecule has 2 N–H and O–H groups in total. The van der Waals surface area contributed by atoms with Crippen molar-refractivity contribution < 1.29 is 13.3 Å². The average molecular weight is 301 g/mol. The normalized spacial score (nSPS) is 11.8. The Hall–Kier alpha value is -1.51. The Kier molecular flexibility index (Phi) is 6.05. The predicted molar refractivity (Wildman–Crippen MR) is 75.8 cm³/mol. The maximum absolute atomic E-state index is 12.3. The molecule has 7 nitrogen and oxygen atoms in total. The second-order valence-corrected chi connectivity index (χ2v) is 6.41. The quantitative estimate of drug-likeness (QED) is 0.443. The molecule has 112 valence electrons. The minimum atomic E-state index is -3.84. The smallest absolute Gasteiger partial charge is 0.289 e. The molecule has 0 saturated heterocycles. The first-order valence-corrected chi connectivity index (χ1v) is 7.75. The highest BCUT2D eigenvalue weighted by atomic mass is 32.2. The maximum atomic E-state index is 12.3. The lowest BCUT2D eigenvalue weighted by Crippen LogP contribution is -2.28. The Balaban J connectivity index is 2.90. The van der Waals surface area contributed by atoms with Crippen LogP contribution in [-0.4, -0.2) is 37.8 Å². The van der Waals surface area contributed by atoms with Gasteiger partial charge in [0, 0.05) is 19.7 Å². The van der Waals surface area contributed by atoms with Crippen LogP contribution < -0.4 is 5.73 Å². The monoisotopic (exact) mass is 301 g/mol. The van der Waals surface area contributed by atoms with Gasteiger partial charge < -0.3 is 5.73 Å². The van der Waals surface area contributed by atoms with Crippen molar-refractivity contribution in [2.75, 3.05) is 20.1 Å². The highest BCUT2D eigenvalue weighted by Gasteiger charge is 2.28. The number of para-hydroxylation sites is 1. The molecule has 0 aromatic heterocycles. The van der Waals surface area contributed by atoms with Crippen LogP contribution in [0.3, 0.4) is 0 Å². The fraction of sp³-hybridized carbons (Fsp3) is 0.500. The molecule has 1 aromatic rings. The zero-order valence-corrected chi connectivity index (χ0v) is 12.2. The number of nitro benzene ring substituents is 1. The van der Waals surface area contributed by atoms with Gasteiger partial charge in [-0.2, -0.15) is 0 Å². The van der Waals surface area contributed by atoms with Gasteiger partial charge in [-0.05, 0) is 25.5 Å². The molecule has 0 fully saturated rings. The van der Waals surface area contributed by atoms with Gasteiger partial charge in [0.1, 0.15) is 0 Å². The molecule has 1 aromatic carbocycles. The largest absolute Gasteiger partial charge is 0.330 e. The number of nitrogens with two attached hydrogens (primary N) is 1. The summed E-state index contributed by atoms with van der Waals surface area (Å²) in [6, 6.07) is 5.36. The number of nitrogens with zero attached hydrogens (tertiary/aromatic N) is 2. The van der Waals surface area contributed by atoms with E-state index in [4.69, 9.17) is 5.73 Å². The topological polar surface area (TPSA) is 107 Å². The summed E-state index contributed by atoms with van der Waals surface area (Å²) in [7, 11) is -2.42. The van der Waals surface area contributed by atoms with Crippen LogP contribution in [0, 0.1) is 10.1 Å². The van der Waals surface area contributed by atoms with E-state index < -0.39 is 20.6 Å². The van der Waals surface area contributed by atoms with Gasteiger partial charge in [-0.15, -0.1) is 0 Å². The molecule has 0 bridgehead atoms. The Bertz CT molecular complexity index is 560. The molecule has 0 heterocycles. The average Bonchev–Trinajstić information content (AvgIpc) is 2.43. The molecule has 0 unspecified atom stereocenters. The Labute approximate surface area is 118 Å². The van der Waals surface area contributed by atoms with Crippen LogP contribution in [0.15, 0.2) is 29.2 Å². The Morgan fingerprint density at radius 3 is 2.50 bits per heavy atom. The molecule has 0 aliphatic heterocycles. The molecule has 0 radical (unpaired) electrons. The van der Waals surface area contributed by atoms with Crippen molar-refractivity contribution in [2.24, 2.45) is 5.73 Å². The highest BCUT2D eigenvalue weighted by Crippen LogP contribution is 2.25. The number of hydrogen-bond acceptors (Lipinski definition) is 5. The third-order valence-electron chi connectivity index (χ3n) is 2.93. The van der Waals surface area contributed by atoms with E-state index in [1.165, 1.54) is 31.3 Å². The van der Waals surface area contributed by atoms with Crippen LogP contribution in [0.5, 0.6) is 0 Å². The van der Waals surface area contributed by atoms with Gasteiger partial charge >= 0.3 is 0 Å². The second kappa shape index (κ2) is 7.32. The summed E-state index contributed by atoms with van der Waals surface area (Å²) < 4.78 is 25.8. The number of hydrogen-bond donors (Lipinski definition) is 1. The zero-order chi connectivity index (χ0) is 15.2. The lowest BCUT2D eigenvalue weighted by Gasteiger charge is -2.16. The molecule has 20 heavy (non-hydrogen) atoms.